The smallest absolute Gasteiger partial charge is 0.331 e. The molecule has 43 heavy (non-hydrogen) atoms. The van der Waals surface area contributed by atoms with Gasteiger partial charge in [-0.15, -0.1) is 0 Å². The van der Waals surface area contributed by atoms with Crippen LogP contribution in [0.2, 0.25) is 0 Å². The van der Waals surface area contributed by atoms with Gasteiger partial charge in [-0.25, -0.2) is 19.7 Å². The number of imidazole rings is 1. The van der Waals surface area contributed by atoms with E-state index in [0.717, 1.165) is 63.8 Å². The fourth-order valence-corrected chi connectivity index (χ4v) is 6.11. The standard InChI is InChI=1S/C32H30N8O3/c1-17-7-8-33-30(35-17)24-11-23(24)26-12-28(41)22-6-5-20(10-25(22)37-26)34-13-21-15-39-14-19(18-3-4-18)9-27(31(39)36-21)40-16-29(42)38(2)32(40)43/h5-10,12,14-15,18,23-24,34H,3-4,11,13,16H2,1-2H3,(H,37,41)/t23-,24-/m1/s1. The number of fused-ring (bicyclic) bond motifs is 2. The summed E-state index contributed by atoms with van der Waals surface area (Å²) in [4.78, 5) is 58.1. The van der Waals surface area contributed by atoms with E-state index in [1.165, 1.54) is 11.9 Å². The van der Waals surface area contributed by atoms with E-state index < -0.39 is 0 Å². The molecular formula is C32H30N8O3. The highest BCUT2D eigenvalue weighted by atomic mass is 16.2. The highest BCUT2D eigenvalue weighted by molar-refractivity contribution is 6.13. The molecule has 0 radical (unpaired) electrons. The average molecular weight is 575 g/mol. The molecule has 0 spiro atoms. The van der Waals surface area contributed by atoms with E-state index in [-0.39, 0.29) is 35.7 Å². The number of rotatable bonds is 7. The fraction of sp³-hybridized carbons (Fsp3) is 0.312. The van der Waals surface area contributed by atoms with Gasteiger partial charge in [0.1, 0.15) is 12.4 Å². The van der Waals surface area contributed by atoms with Gasteiger partial charge in [0.15, 0.2) is 11.1 Å². The first-order chi connectivity index (χ1) is 20.8. The molecule has 0 unspecified atom stereocenters. The summed E-state index contributed by atoms with van der Waals surface area (Å²) in [5.74, 6) is 1.48. The first-order valence-electron chi connectivity index (χ1n) is 14.6. The molecule has 11 nitrogen and oxygen atoms in total. The maximum Gasteiger partial charge on any atom is 0.331 e. The molecule has 1 aromatic carbocycles. The third-order valence-corrected chi connectivity index (χ3v) is 8.79. The SMILES string of the molecule is Cc1ccnc([C@@H]2C[C@H]2c2cc(=O)c3ccc(NCc4cn5cc(C6CC6)cc(N6CC(=O)N(C)C6=O)c5n4)cc3[nH]2)n1. The highest BCUT2D eigenvalue weighted by Crippen LogP contribution is 2.52. The monoisotopic (exact) mass is 574 g/mol. The number of H-pyrrole nitrogens is 1. The van der Waals surface area contributed by atoms with Crippen LogP contribution in [-0.2, 0) is 11.3 Å². The number of aryl methyl sites for hydroxylation is 1. The molecule has 2 atom stereocenters. The third-order valence-electron chi connectivity index (χ3n) is 8.79. The molecule has 1 saturated heterocycles. The lowest BCUT2D eigenvalue weighted by Crippen LogP contribution is -2.30. The molecule has 216 valence electrons. The van der Waals surface area contributed by atoms with Crippen LogP contribution >= 0.6 is 0 Å². The Bertz CT molecular complexity index is 2030. The summed E-state index contributed by atoms with van der Waals surface area (Å²) in [6.45, 7) is 2.41. The van der Waals surface area contributed by atoms with Crippen LogP contribution < -0.4 is 15.6 Å². The predicted molar refractivity (Wildman–Crippen MR) is 161 cm³/mol. The van der Waals surface area contributed by atoms with E-state index in [4.69, 9.17) is 4.98 Å². The second-order valence-electron chi connectivity index (χ2n) is 11.9. The summed E-state index contributed by atoms with van der Waals surface area (Å²) in [6.07, 6.45) is 8.98. The van der Waals surface area contributed by atoms with Crippen LogP contribution in [0.15, 0.2) is 59.8 Å². The van der Waals surface area contributed by atoms with E-state index >= 15 is 0 Å². The van der Waals surface area contributed by atoms with Crippen LogP contribution in [0, 0.1) is 6.92 Å². The van der Waals surface area contributed by atoms with E-state index in [1.807, 2.05) is 47.9 Å². The Balaban J connectivity index is 1.06. The highest BCUT2D eigenvalue weighted by Gasteiger charge is 2.42. The van der Waals surface area contributed by atoms with Gasteiger partial charge in [-0.3, -0.25) is 19.4 Å². The van der Waals surface area contributed by atoms with Crippen LogP contribution in [0.4, 0.5) is 16.2 Å². The number of likely N-dealkylation sites (N-methyl/N-ethyl adjacent to an activating group) is 1. The molecule has 2 N–H and O–H groups in total. The second-order valence-corrected chi connectivity index (χ2v) is 11.9. The van der Waals surface area contributed by atoms with Gasteiger partial charge in [-0.2, -0.15) is 0 Å². The maximum absolute atomic E-state index is 13.0. The molecule has 5 heterocycles. The van der Waals surface area contributed by atoms with Crippen molar-refractivity contribution in [2.45, 2.75) is 50.5 Å². The van der Waals surface area contributed by atoms with Crippen molar-refractivity contribution in [3.05, 3.63) is 93.7 Å². The number of aromatic amines is 1. The van der Waals surface area contributed by atoms with Gasteiger partial charge in [0.05, 0.1) is 23.4 Å². The van der Waals surface area contributed by atoms with Crippen LogP contribution in [0.5, 0.6) is 0 Å². The fourth-order valence-electron chi connectivity index (χ4n) is 6.11. The number of imide groups is 1. The Labute approximate surface area is 246 Å². The van der Waals surface area contributed by atoms with Crippen molar-refractivity contribution in [1.82, 2.24) is 29.2 Å². The third kappa shape index (κ3) is 4.52. The van der Waals surface area contributed by atoms with E-state index in [0.29, 0.717) is 29.2 Å². The number of amides is 3. The molecule has 0 bridgehead atoms. The molecule has 2 saturated carbocycles. The van der Waals surface area contributed by atoms with Gasteiger partial charge < -0.3 is 14.7 Å². The summed E-state index contributed by atoms with van der Waals surface area (Å²) < 4.78 is 1.96. The van der Waals surface area contributed by atoms with Gasteiger partial charge >= 0.3 is 6.03 Å². The normalized spacial score (nSPS) is 20.0. The number of aromatic nitrogens is 5. The zero-order chi connectivity index (χ0) is 29.4. The minimum absolute atomic E-state index is 0.00829. The van der Waals surface area contributed by atoms with E-state index in [2.05, 4.69) is 26.5 Å². The molecule has 1 aliphatic heterocycles. The number of anilines is 2. The maximum atomic E-state index is 13.0. The lowest BCUT2D eigenvalue weighted by Gasteiger charge is -2.17. The molecule has 11 heteroatoms. The van der Waals surface area contributed by atoms with Gasteiger partial charge in [0.25, 0.3) is 0 Å². The lowest BCUT2D eigenvalue weighted by atomic mass is 10.1. The Morgan fingerprint density at radius 1 is 1.02 bits per heavy atom. The largest absolute Gasteiger partial charge is 0.379 e. The Hall–Kier alpha value is -5.06. The van der Waals surface area contributed by atoms with Crippen LogP contribution in [-0.4, -0.2) is 54.8 Å². The minimum atomic E-state index is -0.337. The molecular weight excluding hydrogens is 544 g/mol. The van der Waals surface area contributed by atoms with Crippen molar-refractivity contribution in [3.8, 4) is 0 Å². The number of carbonyl (C=O) groups is 2. The number of nitrogens with zero attached hydrogens (tertiary/aromatic N) is 6. The summed E-state index contributed by atoms with van der Waals surface area (Å²) in [7, 11) is 1.51. The summed E-state index contributed by atoms with van der Waals surface area (Å²) in [5.41, 5.74) is 6.71. The second kappa shape index (κ2) is 9.48. The summed E-state index contributed by atoms with van der Waals surface area (Å²) in [6, 6.07) is 11.0. The van der Waals surface area contributed by atoms with Crippen molar-refractivity contribution >= 4 is 39.9 Å². The lowest BCUT2D eigenvalue weighted by molar-refractivity contribution is -0.123. The number of benzene rings is 1. The molecule has 3 fully saturated rings. The number of hydrogen-bond donors (Lipinski definition) is 2. The van der Waals surface area contributed by atoms with Crippen molar-refractivity contribution in [3.63, 3.8) is 0 Å². The zero-order valence-corrected chi connectivity index (χ0v) is 23.9. The van der Waals surface area contributed by atoms with Crippen molar-refractivity contribution in [2.75, 3.05) is 23.8 Å². The quantitative estimate of drug-likeness (QED) is 0.275. The Morgan fingerprint density at radius 3 is 2.65 bits per heavy atom. The number of nitrogens with one attached hydrogen (secondary N) is 2. The van der Waals surface area contributed by atoms with E-state index in [1.54, 1.807) is 12.3 Å². The molecule has 3 amide bonds. The number of hydrogen-bond acceptors (Lipinski definition) is 7. The molecule has 3 aliphatic rings. The van der Waals surface area contributed by atoms with Crippen LogP contribution in [0.25, 0.3) is 16.6 Å². The van der Waals surface area contributed by atoms with Crippen molar-refractivity contribution < 1.29 is 9.59 Å². The van der Waals surface area contributed by atoms with Gasteiger partial charge in [0, 0.05) is 66.0 Å². The zero-order valence-electron chi connectivity index (χ0n) is 23.9. The molecule has 8 rings (SSSR count). The summed E-state index contributed by atoms with van der Waals surface area (Å²) in [5, 5.41) is 4.08. The minimum Gasteiger partial charge on any atom is -0.379 e. The topological polar surface area (TPSA) is 129 Å². The summed E-state index contributed by atoms with van der Waals surface area (Å²) >= 11 is 0. The molecule has 4 aromatic heterocycles. The Morgan fingerprint density at radius 2 is 1.88 bits per heavy atom. The van der Waals surface area contributed by atoms with Crippen molar-refractivity contribution in [1.29, 1.82) is 0 Å². The Kier molecular flexibility index (Phi) is 5.65. The first-order valence-corrected chi connectivity index (χ1v) is 14.6. The predicted octanol–water partition coefficient (Wildman–Crippen LogP) is 4.43. The number of carbonyl (C=O) groups excluding carboxylic acids is 2. The van der Waals surface area contributed by atoms with Crippen LogP contribution in [0.1, 0.15) is 65.5 Å². The van der Waals surface area contributed by atoms with E-state index in [9.17, 15) is 14.4 Å². The number of urea groups is 1. The first kappa shape index (κ1) is 25.6. The number of pyridine rings is 2. The van der Waals surface area contributed by atoms with Crippen LogP contribution in [0.3, 0.4) is 0 Å². The van der Waals surface area contributed by atoms with Gasteiger partial charge in [-0.05, 0) is 68.0 Å². The van der Waals surface area contributed by atoms with Gasteiger partial charge in [0.2, 0.25) is 5.91 Å². The van der Waals surface area contributed by atoms with Gasteiger partial charge in [-0.1, -0.05) is 0 Å². The molecule has 2 aliphatic carbocycles. The molecule has 5 aromatic rings. The average Bonchev–Trinajstić information content (AvgIpc) is 3.93. The van der Waals surface area contributed by atoms with Crippen molar-refractivity contribution in [2.24, 2.45) is 0 Å².